The van der Waals surface area contributed by atoms with Crippen LogP contribution in [0.4, 0.5) is 4.39 Å². The maximum atomic E-state index is 12.7. The Morgan fingerprint density at radius 1 is 1.83 bits per heavy atom. The molecular weight excluding hydrogens is 161 g/mol. The summed E-state index contributed by atoms with van der Waals surface area (Å²) in [5, 5.41) is 8.34. The van der Waals surface area contributed by atoms with Gasteiger partial charge in [-0.05, 0) is 26.4 Å². The summed E-state index contributed by atoms with van der Waals surface area (Å²) in [4.78, 5) is 12.2. The first kappa shape index (κ1) is 9.45. The summed E-state index contributed by atoms with van der Waals surface area (Å²) >= 11 is 0. The smallest absolute Gasteiger partial charge is 0.338 e. The third-order valence-corrected chi connectivity index (χ3v) is 2.42. The molecule has 0 radical (unpaired) electrons. The first-order valence-corrected chi connectivity index (χ1v) is 4.18. The fourth-order valence-corrected chi connectivity index (χ4v) is 1.62. The molecule has 0 aromatic rings. The van der Waals surface area contributed by atoms with Gasteiger partial charge in [0.2, 0.25) is 0 Å². The highest BCUT2D eigenvalue weighted by Gasteiger charge is 2.27. The van der Waals surface area contributed by atoms with Gasteiger partial charge in [0, 0.05) is 12.5 Å². The first-order valence-electron chi connectivity index (χ1n) is 4.18. The number of carbonyl (C=O) groups is 1. The van der Waals surface area contributed by atoms with Gasteiger partial charge in [0.05, 0.1) is 0 Å². The second-order valence-electron chi connectivity index (χ2n) is 3.32. The molecule has 0 bridgehead atoms. The van der Waals surface area contributed by atoms with Gasteiger partial charge in [-0.1, -0.05) is 0 Å². The SMILES string of the molecule is CN1CCCC1CC(F)C(=O)O. The van der Waals surface area contributed by atoms with Gasteiger partial charge in [-0.3, -0.25) is 0 Å². The summed E-state index contributed by atoms with van der Waals surface area (Å²) < 4.78 is 12.7. The van der Waals surface area contributed by atoms with Crippen molar-refractivity contribution in [1.82, 2.24) is 4.90 Å². The molecule has 0 spiro atoms. The molecule has 0 aromatic heterocycles. The Labute approximate surface area is 71.2 Å². The zero-order valence-electron chi connectivity index (χ0n) is 7.16. The van der Waals surface area contributed by atoms with Gasteiger partial charge in [0.15, 0.2) is 6.17 Å². The zero-order valence-corrected chi connectivity index (χ0v) is 7.16. The molecule has 1 fully saturated rings. The highest BCUT2D eigenvalue weighted by Crippen LogP contribution is 2.20. The molecular formula is C8H14FNO2. The van der Waals surface area contributed by atoms with E-state index < -0.39 is 12.1 Å². The molecule has 3 nitrogen and oxygen atoms in total. The minimum absolute atomic E-state index is 0.121. The fraction of sp³-hybridized carbons (Fsp3) is 0.875. The lowest BCUT2D eigenvalue weighted by Crippen LogP contribution is -2.30. The minimum atomic E-state index is -1.70. The van der Waals surface area contributed by atoms with Gasteiger partial charge in [0.25, 0.3) is 0 Å². The monoisotopic (exact) mass is 175 g/mol. The van der Waals surface area contributed by atoms with Crippen molar-refractivity contribution in [3.8, 4) is 0 Å². The van der Waals surface area contributed by atoms with Crippen molar-refractivity contribution in [3.05, 3.63) is 0 Å². The van der Waals surface area contributed by atoms with Crippen LogP contribution in [-0.4, -0.2) is 41.8 Å². The van der Waals surface area contributed by atoms with E-state index in [4.69, 9.17) is 5.11 Å². The molecule has 0 amide bonds. The number of hydrogen-bond acceptors (Lipinski definition) is 2. The van der Waals surface area contributed by atoms with E-state index in [0.29, 0.717) is 0 Å². The molecule has 4 heteroatoms. The molecule has 70 valence electrons. The lowest BCUT2D eigenvalue weighted by molar-refractivity contribution is -0.143. The fourth-order valence-electron chi connectivity index (χ4n) is 1.62. The normalized spacial score (nSPS) is 27.3. The summed E-state index contributed by atoms with van der Waals surface area (Å²) in [7, 11) is 1.91. The summed E-state index contributed by atoms with van der Waals surface area (Å²) in [5.41, 5.74) is 0. The number of alkyl halides is 1. The second kappa shape index (κ2) is 3.85. The number of nitrogens with zero attached hydrogens (tertiary/aromatic N) is 1. The molecule has 2 atom stereocenters. The van der Waals surface area contributed by atoms with E-state index in [2.05, 4.69) is 0 Å². The van der Waals surface area contributed by atoms with E-state index >= 15 is 0 Å². The number of hydrogen-bond donors (Lipinski definition) is 1. The summed E-state index contributed by atoms with van der Waals surface area (Å²) in [5.74, 6) is -1.34. The van der Waals surface area contributed by atoms with E-state index in [1.54, 1.807) is 0 Å². The van der Waals surface area contributed by atoms with Crippen LogP contribution in [0.1, 0.15) is 19.3 Å². The van der Waals surface area contributed by atoms with Crippen LogP contribution in [0.15, 0.2) is 0 Å². The Bertz CT molecular complexity index is 174. The molecule has 2 unspecified atom stereocenters. The predicted octanol–water partition coefficient (Wildman–Crippen LogP) is 0.893. The van der Waals surface area contributed by atoms with E-state index in [-0.39, 0.29) is 12.5 Å². The molecule has 0 aromatic carbocycles. The van der Waals surface area contributed by atoms with Crippen LogP contribution in [0.3, 0.4) is 0 Å². The highest BCUT2D eigenvalue weighted by atomic mass is 19.1. The van der Waals surface area contributed by atoms with Crippen LogP contribution in [0, 0.1) is 0 Å². The maximum absolute atomic E-state index is 12.7. The number of carboxylic acids is 1. The summed E-state index contributed by atoms with van der Waals surface area (Å²) in [6.07, 6.45) is 0.402. The van der Waals surface area contributed by atoms with Crippen LogP contribution in [-0.2, 0) is 4.79 Å². The van der Waals surface area contributed by atoms with Crippen LogP contribution in [0.2, 0.25) is 0 Å². The molecule has 1 N–H and O–H groups in total. The van der Waals surface area contributed by atoms with Gasteiger partial charge >= 0.3 is 5.97 Å². The van der Waals surface area contributed by atoms with Crippen molar-refractivity contribution in [2.24, 2.45) is 0 Å². The Morgan fingerprint density at radius 2 is 2.50 bits per heavy atom. The third-order valence-electron chi connectivity index (χ3n) is 2.42. The quantitative estimate of drug-likeness (QED) is 0.692. The Hall–Kier alpha value is -0.640. The topological polar surface area (TPSA) is 40.5 Å². The molecule has 1 heterocycles. The minimum Gasteiger partial charge on any atom is -0.479 e. The first-order chi connectivity index (χ1) is 5.61. The van der Waals surface area contributed by atoms with Crippen molar-refractivity contribution < 1.29 is 14.3 Å². The van der Waals surface area contributed by atoms with E-state index in [9.17, 15) is 9.18 Å². The average Bonchev–Trinajstić information content (AvgIpc) is 2.36. The Morgan fingerprint density at radius 3 is 2.92 bits per heavy atom. The lowest BCUT2D eigenvalue weighted by Gasteiger charge is -2.19. The van der Waals surface area contributed by atoms with Crippen molar-refractivity contribution in [3.63, 3.8) is 0 Å². The van der Waals surface area contributed by atoms with Gasteiger partial charge in [-0.25, -0.2) is 9.18 Å². The number of aliphatic carboxylic acids is 1. The number of halogens is 1. The lowest BCUT2D eigenvalue weighted by atomic mass is 10.1. The number of carboxylic acid groups (broad SMARTS) is 1. The van der Waals surface area contributed by atoms with Crippen LogP contribution in [0.25, 0.3) is 0 Å². The van der Waals surface area contributed by atoms with Gasteiger partial charge in [-0.15, -0.1) is 0 Å². The summed E-state index contributed by atoms with van der Waals surface area (Å²) in [6, 6.07) is 0.121. The average molecular weight is 175 g/mol. The standard InChI is InChI=1S/C8H14FNO2/c1-10-4-2-3-6(10)5-7(9)8(11)12/h6-7H,2-5H2,1H3,(H,11,12). The second-order valence-corrected chi connectivity index (χ2v) is 3.32. The Kier molecular flexibility index (Phi) is 3.03. The molecule has 0 saturated carbocycles. The molecule has 12 heavy (non-hydrogen) atoms. The van der Waals surface area contributed by atoms with Crippen LogP contribution < -0.4 is 0 Å². The van der Waals surface area contributed by atoms with Crippen molar-refractivity contribution in [2.45, 2.75) is 31.5 Å². The predicted molar refractivity (Wildman–Crippen MR) is 42.8 cm³/mol. The molecule has 1 rings (SSSR count). The van der Waals surface area contributed by atoms with Crippen LogP contribution in [0.5, 0.6) is 0 Å². The third kappa shape index (κ3) is 2.17. The summed E-state index contributed by atoms with van der Waals surface area (Å²) in [6.45, 7) is 0.955. The zero-order chi connectivity index (χ0) is 9.14. The molecule has 0 aliphatic carbocycles. The number of rotatable bonds is 3. The Balaban J connectivity index is 2.35. The van der Waals surface area contributed by atoms with Gasteiger partial charge in [0.1, 0.15) is 0 Å². The number of likely N-dealkylation sites (tertiary alicyclic amines) is 1. The van der Waals surface area contributed by atoms with Crippen molar-refractivity contribution >= 4 is 5.97 Å². The molecule has 1 aliphatic rings. The largest absolute Gasteiger partial charge is 0.479 e. The van der Waals surface area contributed by atoms with Crippen molar-refractivity contribution in [2.75, 3.05) is 13.6 Å². The van der Waals surface area contributed by atoms with E-state index in [1.165, 1.54) is 0 Å². The van der Waals surface area contributed by atoms with Crippen molar-refractivity contribution in [1.29, 1.82) is 0 Å². The van der Waals surface area contributed by atoms with E-state index in [1.807, 2.05) is 11.9 Å². The van der Waals surface area contributed by atoms with E-state index in [0.717, 1.165) is 19.4 Å². The van der Waals surface area contributed by atoms with Crippen LogP contribution >= 0.6 is 0 Å². The highest BCUT2D eigenvalue weighted by molar-refractivity contribution is 5.72. The van der Waals surface area contributed by atoms with Gasteiger partial charge < -0.3 is 10.0 Å². The molecule has 1 aliphatic heterocycles. The molecule has 1 saturated heterocycles. The maximum Gasteiger partial charge on any atom is 0.338 e. The van der Waals surface area contributed by atoms with Gasteiger partial charge in [-0.2, -0.15) is 0 Å².